The number of carbonyl (C=O) groups is 1. The van der Waals surface area contributed by atoms with Crippen LogP contribution in [-0.4, -0.2) is 16.7 Å². The van der Waals surface area contributed by atoms with Crippen LogP contribution in [0.5, 0.6) is 0 Å². The van der Waals surface area contributed by atoms with Crippen LogP contribution in [0.2, 0.25) is 0 Å². The van der Waals surface area contributed by atoms with Crippen LogP contribution >= 0.6 is 0 Å². The van der Waals surface area contributed by atoms with Crippen LogP contribution in [0.1, 0.15) is 55.4 Å². The Labute approximate surface area is 201 Å². The Bertz CT molecular complexity index is 1330. The number of nitrogens with zero attached hydrogens (tertiary/aromatic N) is 2. The van der Waals surface area contributed by atoms with Gasteiger partial charge in [-0.25, -0.2) is 5.43 Å². The third kappa shape index (κ3) is 4.67. The molecule has 0 bridgehead atoms. The molecule has 3 aromatic carbocycles. The van der Waals surface area contributed by atoms with Crippen molar-refractivity contribution in [3.63, 3.8) is 0 Å². The molecule has 0 radical (unpaired) electrons. The number of benzene rings is 3. The maximum atomic E-state index is 12.7. The van der Waals surface area contributed by atoms with Crippen molar-refractivity contribution in [2.45, 2.75) is 45.1 Å². The minimum absolute atomic E-state index is 0.00272. The van der Waals surface area contributed by atoms with Gasteiger partial charge in [0.25, 0.3) is 0 Å². The number of amides is 1. The van der Waals surface area contributed by atoms with E-state index in [0.29, 0.717) is 0 Å². The van der Waals surface area contributed by atoms with E-state index < -0.39 is 0 Å². The molecule has 0 saturated heterocycles. The fourth-order valence-corrected chi connectivity index (χ4v) is 4.62. The van der Waals surface area contributed by atoms with Crippen LogP contribution in [0, 0.1) is 5.92 Å². The zero-order valence-electron chi connectivity index (χ0n) is 20.0. The molecule has 4 nitrogen and oxygen atoms in total. The summed E-state index contributed by atoms with van der Waals surface area (Å²) in [7, 11) is 0. The first kappa shape index (κ1) is 22.1. The number of hydrogen-bond donors (Lipinski definition) is 1. The maximum Gasteiger partial charge on any atom is 0.243 e. The summed E-state index contributed by atoms with van der Waals surface area (Å²) >= 11 is 0. The minimum Gasteiger partial charge on any atom is -0.342 e. The number of rotatable bonds is 6. The van der Waals surface area contributed by atoms with Gasteiger partial charge < -0.3 is 4.57 Å². The topological polar surface area (TPSA) is 46.4 Å². The second-order valence-corrected chi connectivity index (χ2v) is 10.3. The standard InChI is InChI=1S/C30H31N3O/c1-30(2,3)24-15-13-22(14-16-24)26-17-27(26)29(34)32-31-18-23-20-33(19-21-9-5-4-6-10-21)28-12-8-7-11-25(23)28/h4-16,18,20,26-27H,17,19H2,1-3H3,(H,32,34)/b31-18+. The van der Waals surface area contributed by atoms with Gasteiger partial charge in [-0.3, -0.25) is 4.79 Å². The lowest BCUT2D eigenvalue weighted by atomic mass is 9.86. The Morgan fingerprint density at radius 1 is 1.00 bits per heavy atom. The summed E-state index contributed by atoms with van der Waals surface area (Å²) in [5, 5.41) is 5.43. The summed E-state index contributed by atoms with van der Waals surface area (Å²) in [4.78, 5) is 12.7. The number of fused-ring (bicyclic) bond motifs is 1. The quantitative estimate of drug-likeness (QED) is 0.275. The normalized spacial score (nSPS) is 17.9. The molecular weight excluding hydrogens is 418 g/mol. The second kappa shape index (κ2) is 8.94. The van der Waals surface area contributed by atoms with Crippen molar-refractivity contribution >= 4 is 23.0 Å². The third-order valence-corrected chi connectivity index (χ3v) is 6.73. The van der Waals surface area contributed by atoms with E-state index in [-0.39, 0.29) is 23.2 Å². The molecule has 1 aliphatic carbocycles. The first-order valence-corrected chi connectivity index (χ1v) is 12.0. The predicted molar refractivity (Wildman–Crippen MR) is 139 cm³/mol. The van der Waals surface area contributed by atoms with Gasteiger partial charge in [-0.2, -0.15) is 5.10 Å². The number of para-hydroxylation sites is 1. The fraction of sp³-hybridized carbons (Fsp3) is 0.267. The van der Waals surface area contributed by atoms with E-state index in [4.69, 9.17) is 0 Å². The lowest BCUT2D eigenvalue weighted by molar-refractivity contribution is -0.122. The smallest absolute Gasteiger partial charge is 0.243 e. The number of nitrogens with one attached hydrogen (secondary N) is 1. The first-order valence-electron chi connectivity index (χ1n) is 12.0. The molecule has 0 spiro atoms. The molecule has 4 aromatic rings. The van der Waals surface area contributed by atoms with E-state index in [1.165, 1.54) is 16.7 Å². The van der Waals surface area contributed by atoms with Crippen molar-refractivity contribution in [3.8, 4) is 0 Å². The summed E-state index contributed by atoms with van der Waals surface area (Å²) in [5.74, 6) is 0.281. The Kier molecular flexibility index (Phi) is 5.82. The first-order chi connectivity index (χ1) is 16.4. The second-order valence-electron chi connectivity index (χ2n) is 10.3. The van der Waals surface area contributed by atoms with Crippen molar-refractivity contribution in [1.29, 1.82) is 0 Å². The molecule has 1 fully saturated rings. The minimum atomic E-state index is -0.00540. The number of hydrogen-bond acceptors (Lipinski definition) is 2. The molecule has 4 heteroatoms. The zero-order valence-corrected chi connectivity index (χ0v) is 20.0. The van der Waals surface area contributed by atoms with Crippen LogP contribution in [0.4, 0.5) is 0 Å². The highest BCUT2D eigenvalue weighted by atomic mass is 16.2. The summed E-state index contributed by atoms with van der Waals surface area (Å²) < 4.78 is 2.23. The van der Waals surface area contributed by atoms with Crippen molar-refractivity contribution in [1.82, 2.24) is 9.99 Å². The summed E-state index contributed by atoms with van der Waals surface area (Å²) in [6.07, 6.45) is 4.74. The Morgan fingerprint density at radius 2 is 1.71 bits per heavy atom. The molecule has 0 aliphatic heterocycles. The average molecular weight is 450 g/mol. The van der Waals surface area contributed by atoms with Crippen molar-refractivity contribution < 1.29 is 4.79 Å². The lowest BCUT2D eigenvalue weighted by Gasteiger charge is -2.19. The summed E-state index contributed by atoms with van der Waals surface area (Å²) in [6, 6.07) is 27.4. The van der Waals surface area contributed by atoms with Crippen LogP contribution in [-0.2, 0) is 16.8 Å². The molecule has 172 valence electrons. The number of hydrazone groups is 1. The van der Waals surface area contributed by atoms with Crippen LogP contribution in [0.3, 0.4) is 0 Å². The van der Waals surface area contributed by atoms with E-state index in [1.807, 2.05) is 18.2 Å². The SMILES string of the molecule is CC(C)(C)c1ccc(C2CC2C(=O)N/N=C/c2cn(Cc3ccccc3)c3ccccc23)cc1. The lowest BCUT2D eigenvalue weighted by Crippen LogP contribution is -2.20. The molecule has 1 saturated carbocycles. The van der Waals surface area contributed by atoms with Crippen LogP contribution in [0.15, 0.2) is 90.2 Å². The van der Waals surface area contributed by atoms with Gasteiger partial charge in [0, 0.05) is 35.1 Å². The molecule has 1 aromatic heterocycles. The molecule has 1 amide bonds. The molecule has 34 heavy (non-hydrogen) atoms. The highest BCUT2D eigenvalue weighted by molar-refractivity contribution is 5.99. The molecule has 1 N–H and O–H groups in total. The molecule has 2 atom stereocenters. The highest BCUT2D eigenvalue weighted by Crippen LogP contribution is 2.47. The third-order valence-electron chi connectivity index (χ3n) is 6.73. The van der Waals surface area contributed by atoms with Crippen molar-refractivity contribution in [3.05, 3.63) is 107 Å². The summed E-state index contributed by atoms with van der Waals surface area (Å²) in [5.41, 5.74) is 8.86. The van der Waals surface area contributed by atoms with Gasteiger partial charge in [0.1, 0.15) is 0 Å². The van der Waals surface area contributed by atoms with Gasteiger partial charge in [0.15, 0.2) is 0 Å². The van der Waals surface area contributed by atoms with Crippen LogP contribution in [0.25, 0.3) is 10.9 Å². The maximum absolute atomic E-state index is 12.7. The van der Waals surface area contributed by atoms with Crippen LogP contribution < -0.4 is 5.43 Å². The largest absolute Gasteiger partial charge is 0.342 e. The van der Waals surface area contributed by atoms with E-state index in [1.54, 1.807) is 6.21 Å². The van der Waals surface area contributed by atoms with E-state index in [9.17, 15) is 4.79 Å². The van der Waals surface area contributed by atoms with E-state index in [0.717, 1.165) is 29.4 Å². The Balaban J connectivity index is 1.25. The average Bonchev–Trinajstić information content (AvgIpc) is 3.57. The van der Waals surface area contributed by atoms with Crippen molar-refractivity contribution in [2.75, 3.05) is 0 Å². The van der Waals surface area contributed by atoms with Gasteiger partial charge in [-0.1, -0.05) is 93.6 Å². The van der Waals surface area contributed by atoms with E-state index in [2.05, 4.69) is 103 Å². The highest BCUT2D eigenvalue weighted by Gasteiger charge is 2.44. The Morgan fingerprint density at radius 3 is 2.44 bits per heavy atom. The van der Waals surface area contributed by atoms with Gasteiger partial charge in [-0.15, -0.1) is 0 Å². The summed E-state index contributed by atoms with van der Waals surface area (Å²) in [6.45, 7) is 7.44. The number of carbonyl (C=O) groups excluding carboxylic acids is 1. The van der Waals surface area contributed by atoms with Crippen molar-refractivity contribution in [2.24, 2.45) is 11.0 Å². The van der Waals surface area contributed by atoms with Gasteiger partial charge >= 0.3 is 0 Å². The van der Waals surface area contributed by atoms with Gasteiger partial charge in [0.05, 0.1) is 6.21 Å². The Hall–Kier alpha value is -3.66. The fourth-order valence-electron chi connectivity index (χ4n) is 4.62. The molecule has 1 heterocycles. The van der Waals surface area contributed by atoms with E-state index >= 15 is 0 Å². The number of aromatic nitrogens is 1. The zero-order chi connectivity index (χ0) is 23.7. The molecule has 5 rings (SSSR count). The van der Waals surface area contributed by atoms with Gasteiger partial charge in [-0.05, 0) is 40.5 Å². The molecule has 1 aliphatic rings. The van der Waals surface area contributed by atoms with Gasteiger partial charge in [0.2, 0.25) is 5.91 Å². The molecular formula is C30H31N3O. The molecule has 2 unspecified atom stereocenters. The monoisotopic (exact) mass is 449 g/mol. The predicted octanol–water partition coefficient (Wildman–Crippen LogP) is 6.24.